The lowest BCUT2D eigenvalue weighted by Gasteiger charge is -2.14. The molecule has 0 saturated carbocycles. The molecule has 0 unspecified atom stereocenters. The van der Waals surface area contributed by atoms with Gasteiger partial charge in [-0.05, 0) is 30.0 Å². The Kier molecular flexibility index (Phi) is 4.97. The van der Waals surface area contributed by atoms with E-state index in [-0.39, 0.29) is 12.3 Å². The molecule has 0 aliphatic heterocycles. The molecule has 0 spiro atoms. The molecule has 17 heavy (non-hydrogen) atoms. The third-order valence-electron chi connectivity index (χ3n) is 2.54. The molecule has 0 aliphatic carbocycles. The quantitative estimate of drug-likeness (QED) is 0.466. The summed E-state index contributed by atoms with van der Waals surface area (Å²) in [5, 5.41) is 0. The number of carbonyl (C=O) groups excluding carboxylic acids is 1. The summed E-state index contributed by atoms with van der Waals surface area (Å²) in [4.78, 5) is 11.0. The Morgan fingerprint density at radius 2 is 2.18 bits per heavy atom. The van der Waals surface area contributed by atoms with Gasteiger partial charge in [-0.3, -0.25) is 10.2 Å². The second-order valence-corrected chi connectivity index (χ2v) is 4.36. The SMILES string of the molecule is Cc1ccc(C(C)C)c(OCCC(=O)NN)c1. The first-order valence-electron chi connectivity index (χ1n) is 5.77. The van der Waals surface area contributed by atoms with E-state index in [1.165, 1.54) is 0 Å². The number of rotatable bonds is 5. The van der Waals surface area contributed by atoms with Gasteiger partial charge in [-0.25, -0.2) is 5.84 Å². The van der Waals surface area contributed by atoms with Gasteiger partial charge >= 0.3 is 0 Å². The maximum Gasteiger partial charge on any atom is 0.237 e. The van der Waals surface area contributed by atoms with Crippen molar-refractivity contribution in [1.82, 2.24) is 5.43 Å². The van der Waals surface area contributed by atoms with Crippen molar-refractivity contribution in [2.24, 2.45) is 5.84 Å². The summed E-state index contributed by atoms with van der Waals surface area (Å²) in [6, 6.07) is 6.13. The van der Waals surface area contributed by atoms with E-state index in [2.05, 4.69) is 31.4 Å². The Labute approximate surface area is 102 Å². The zero-order valence-corrected chi connectivity index (χ0v) is 10.6. The molecule has 0 aromatic heterocycles. The van der Waals surface area contributed by atoms with Crippen molar-refractivity contribution in [1.29, 1.82) is 0 Å². The molecule has 0 atom stereocenters. The van der Waals surface area contributed by atoms with Crippen LogP contribution in [0, 0.1) is 6.92 Å². The van der Waals surface area contributed by atoms with Crippen LogP contribution in [0.25, 0.3) is 0 Å². The summed E-state index contributed by atoms with van der Waals surface area (Å²) in [7, 11) is 0. The fraction of sp³-hybridized carbons (Fsp3) is 0.462. The van der Waals surface area contributed by atoms with Crippen molar-refractivity contribution in [2.45, 2.75) is 33.1 Å². The number of nitrogens with two attached hydrogens (primary N) is 1. The highest BCUT2D eigenvalue weighted by Crippen LogP contribution is 2.27. The molecule has 3 N–H and O–H groups in total. The molecule has 4 nitrogen and oxygen atoms in total. The maximum absolute atomic E-state index is 11.0. The van der Waals surface area contributed by atoms with E-state index in [4.69, 9.17) is 10.6 Å². The van der Waals surface area contributed by atoms with E-state index in [1.807, 2.05) is 13.0 Å². The highest BCUT2D eigenvalue weighted by molar-refractivity contribution is 5.75. The fourth-order valence-corrected chi connectivity index (χ4v) is 1.57. The van der Waals surface area contributed by atoms with Crippen LogP contribution in [0.2, 0.25) is 0 Å². The molecule has 0 aliphatic rings. The number of amides is 1. The van der Waals surface area contributed by atoms with Crippen molar-refractivity contribution in [3.05, 3.63) is 29.3 Å². The van der Waals surface area contributed by atoms with Crippen LogP contribution < -0.4 is 16.0 Å². The Bertz CT molecular complexity index is 389. The van der Waals surface area contributed by atoms with E-state index in [0.717, 1.165) is 16.9 Å². The van der Waals surface area contributed by atoms with Gasteiger partial charge < -0.3 is 4.74 Å². The van der Waals surface area contributed by atoms with E-state index in [9.17, 15) is 4.79 Å². The largest absolute Gasteiger partial charge is 0.493 e. The number of hydrogen-bond acceptors (Lipinski definition) is 3. The molecule has 4 heteroatoms. The van der Waals surface area contributed by atoms with Gasteiger partial charge in [0.25, 0.3) is 0 Å². The third kappa shape index (κ3) is 4.07. The predicted molar refractivity (Wildman–Crippen MR) is 67.7 cm³/mol. The highest BCUT2D eigenvalue weighted by Gasteiger charge is 2.08. The first kappa shape index (κ1) is 13.5. The smallest absolute Gasteiger partial charge is 0.237 e. The van der Waals surface area contributed by atoms with E-state index >= 15 is 0 Å². The number of nitrogens with one attached hydrogen (secondary N) is 1. The lowest BCUT2D eigenvalue weighted by molar-refractivity contribution is -0.121. The van der Waals surface area contributed by atoms with Crippen molar-refractivity contribution in [3.63, 3.8) is 0 Å². The number of hydrazine groups is 1. The van der Waals surface area contributed by atoms with E-state index in [0.29, 0.717) is 12.5 Å². The van der Waals surface area contributed by atoms with Crippen molar-refractivity contribution < 1.29 is 9.53 Å². The van der Waals surface area contributed by atoms with Crippen molar-refractivity contribution in [2.75, 3.05) is 6.61 Å². The van der Waals surface area contributed by atoms with Gasteiger partial charge in [0.15, 0.2) is 0 Å². The fourth-order valence-electron chi connectivity index (χ4n) is 1.57. The van der Waals surface area contributed by atoms with Crippen LogP contribution in [0.1, 0.15) is 37.3 Å². The first-order chi connectivity index (χ1) is 8.04. The lowest BCUT2D eigenvalue weighted by atomic mass is 10.0. The minimum atomic E-state index is -0.219. The summed E-state index contributed by atoms with van der Waals surface area (Å²) in [5.74, 6) is 6.03. The second kappa shape index (κ2) is 6.25. The van der Waals surface area contributed by atoms with Crippen LogP contribution in [0.15, 0.2) is 18.2 Å². The number of carbonyl (C=O) groups is 1. The molecule has 1 amide bonds. The Hall–Kier alpha value is -1.55. The molecule has 0 fully saturated rings. The number of benzene rings is 1. The van der Waals surface area contributed by atoms with Gasteiger partial charge in [0.2, 0.25) is 5.91 Å². The number of ether oxygens (including phenoxy) is 1. The van der Waals surface area contributed by atoms with Gasteiger partial charge in [0, 0.05) is 0 Å². The monoisotopic (exact) mass is 236 g/mol. The van der Waals surface area contributed by atoms with Crippen LogP contribution in [0.3, 0.4) is 0 Å². The Morgan fingerprint density at radius 3 is 2.76 bits per heavy atom. The zero-order chi connectivity index (χ0) is 12.8. The average Bonchev–Trinajstić information content (AvgIpc) is 2.28. The van der Waals surface area contributed by atoms with Gasteiger partial charge in [-0.2, -0.15) is 0 Å². The van der Waals surface area contributed by atoms with E-state index in [1.54, 1.807) is 0 Å². The summed E-state index contributed by atoms with van der Waals surface area (Å²) in [5.41, 5.74) is 4.38. The van der Waals surface area contributed by atoms with E-state index < -0.39 is 0 Å². The second-order valence-electron chi connectivity index (χ2n) is 4.36. The van der Waals surface area contributed by atoms with Gasteiger partial charge in [-0.15, -0.1) is 0 Å². The molecule has 1 aromatic rings. The van der Waals surface area contributed by atoms with Crippen LogP contribution >= 0.6 is 0 Å². The molecule has 1 rings (SSSR count). The third-order valence-corrected chi connectivity index (χ3v) is 2.54. The molecule has 94 valence electrons. The summed E-state index contributed by atoms with van der Waals surface area (Å²) < 4.78 is 5.64. The molecule has 0 heterocycles. The predicted octanol–water partition coefficient (Wildman–Crippen LogP) is 1.88. The number of aryl methyl sites for hydroxylation is 1. The maximum atomic E-state index is 11.0. The van der Waals surface area contributed by atoms with Crippen molar-refractivity contribution in [3.8, 4) is 5.75 Å². The summed E-state index contributed by atoms with van der Waals surface area (Å²) in [6.45, 7) is 6.59. The minimum absolute atomic E-state index is 0.219. The lowest BCUT2D eigenvalue weighted by Crippen LogP contribution is -2.31. The Balaban J connectivity index is 2.68. The first-order valence-corrected chi connectivity index (χ1v) is 5.77. The molecule has 0 saturated heterocycles. The van der Waals surface area contributed by atoms with Gasteiger partial charge in [0.1, 0.15) is 5.75 Å². The minimum Gasteiger partial charge on any atom is -0.493 e. The summed E-state index contributed by atoms with van der Waals surface area (Å²) in [6.07, 6.45) is 0.266. The highest BCUT2D eigenvalue weighted by atomic mass is 16.5. The molecule has 0 radical (unpaired) electrons. The normalized spacial score (nSPS) is 10.4. The standard InChI is InChI=1S/C13H20N2O2/c1-9(2)11-5-4-10(3)8-12(11)17-7-6-13(16)15-14/h4-5,8-9H,6-7,14H2,1-3H3,(H,15,16). The molecular weight excluding hydrogens is 216 g/mol. The Morgan fingerprint density at radius 1 is 1.47 bits per heavy atom. The van der Waals surface area contributed by atoms with Gasteiger partial charge in [0.05, 0.1) is 13.0 Å². The molecule has 0 bridgehead atoms. The van der Waals surface area contributed by atoms with Crippen LogP contribution in [-0.4, -0.2) is 12.5 Å². The average molecular weight is 236 g/mol. The van der Waals surface area contributed by atoms with Crippen LogP contribution in [-0.2, 0) is 4.79 Å². The van der Waals surface area contributed by atoms with Gasteiger partial charge in [-0.1, -0.05) is 26.0 Å². The van der Waals surface area contributed by atoms with Crippen LogP contribution in [0.4, 0.5) is 0 Å². The van der Waals surface area contributed by atoms with Crippen molar-refractivity contribution >= 4 is 5.91 Å². The molecule has 1 aromatic carbocycles. The topological polar surface area (TPSA) is 64.3 Å². The number of hydrogen-bond donors (Lipinski definition) is 2. The summed E-state index contributed by atoms with van der Waals surface area (Å²) >= 11 is 0. The molecular formula is C13H20N2O2. The van der Waals surface area contributed by atoms with Crippen LogP contribution in [0.5, 0.6) is 5.75 Å². The zero-order valence-electron chi connectivity index (χ0n) is 10.6.